The summed E-state index contributed by atoms with van der Waals surface area (Å²) in [6.07, 6.45) is 1.76. The van der Waals surface area contributed by atoms with E-state index < -0.39 is 0 Å². The van der Waals surface area contributed by atoms with E-state index in [4.69, 9.17) is 0 Å². The zero-order valence-corrected chi connectivity index (χ0v) is 14.0. The molecule has 0 atom stereocenters. The molecule has 0 aliphatic carbocycles. The van der Waals surface area contributed by atoms with Crippen LogP contribution in [0.4, 0.5) is 0 Å². The number of hydrogen-bond acceptors (Lipinski definition) is 3. The fourth-order valence-corrected chi connectivity index (χ4v) is 3.55. The maximum Gasteiger partial charge on any atom is 0.271 e. The number of nitrogens with zero attached hydrogens (tertiary/aromatic N) is 1. The van der Waals surface area contributed by atoms with E-state index in [1.807, 2.05) is 55.8 Å². The topological polar surface area (TPSA) is 63.1 Å². The lowest BCUT2D eigenvalue weighted by Crippen LogP contribution is -2.41. The molecular weight excluding hydrogens is 310 g/mol. The van der Waals surface area contributed by atoms with Crippen LogP contribution in [-0.4, -0.2) is 16.4 Å². The van der Waals surface area contributed by atoms with Crippen LogP contribution < -0.4 is 10.9 Å². The Bertz CT molecular complexity index is 908. The fraction of sp³-hybridized carbons (Fsp3) is 0.176. The number of carbonyl (C=O) groups is 2. The Hall–Kier alpha value is -2.60. The van der Waals surface area contributed by atoms with Crippen molar-refractivity contribution in [1.82, 2.24) is 15.4 Å². The molecule has 0 radical (unpaired) electrons. The number of nitrogens with one attached hydrogen (secondary N) is 2. The highest BCUT2D eigenvalue weighted by atomic mass is 32.1. The Morgan fingerprint density at radius 1 is 1.04 bits per heavy atom. The molecule has 0 saturated carbocycles. The Balaban J connectivity index is 1.76. The normalized spacial score (nSPS) is 10.7. The Labute approximate surface area is 137 Å². The molecule has 3 aromatic rings. The van der Waals surface area contributed by atoms with Crippen molar-refractivity contribution in [2.24, 2.45) is 7.05 Å². The number of carbonyl (C=O) groups excluding carboxylic acids is 2. The maximum absolute atomic E-state index is 12.4. The van der Waals surface area contributed by atoms with Crippen LogP contribution in [0.5, 0.6) is 0 Å². The van der Waals surface area contributed by atoms with Crippen molar-refractivity contribution in [3.8, 4) is 0 Å². The zero-order chi connectivity index (χ0) is 16.6. The standard InChI is InChI=1S/C17H17N3O2S/c1-10-8-13(11(2)23-10)16(21)18-19-17(22)14-9-20(3)15-7-5-4-6-12(14)15/h4-9H,1-3H3,(H,18,21)(H,19,22). The highest BCUT2D eigenvalue weighted by molar-refractivity contribution is 7.12. The summed E-state index contributed by atoms with van der Waals surface area (Å²) in [5.74, 6) is -0.639. The second-order valence-electron chi connectivity index (χ2n) is 5.41. The van der Waals surface area contributed by atoms with Crippen LogP contribution in [0.25, 0.3) is 10.9 Å². The number of aryl methyl sites for hydroxylation is 3. The Kier molecular flexibility index (Phi) is 3.92. The van der Waals surface area contributed by atoms with Crippen LogP contribution in [0.15, 0.2) is 36.5 Å². The van der Waals surface area contributed by atoms with Gasteiger partial charge in [0.05, 0.1) is 11.1 Å². The summed E-state index contributed by atoms with van der Waals surface area (Å²) in [6.45, 7) is 3.84. The molecule has 5 nitrogen and oxygen atoms in total. The molecule has 2 N–H and O–H groups in total. The molecule has 2 aromatic heterocycles. The van der Waals surface area contributed by atoms with Crippen molar-refractivity contribution < 1.29 is 9.59 Å². The van der Waals surface area contributed by atoms with Gasteiger partial charge in [0.25, 0.3) is 11.8 Å². The average Bonchev–Trinajstić information content (AvgIpc) is 3.05. The first-order chi connectivity index (χ1) is 11.0. The third-order valence-electron chi connectivity index (χ3n) is 3.72. The lowest BCUT2D eigenvalue weighted by molar-refractivity contribution is 0.0847. The van der Waals surface area contributed by atoms with Gasteiger partial charge in [-0.25, -0.2) is 0 Å². The van der Waals surface area contributed by atoms with E-state index in [9.17, 15) is 9.59 Å². The minimum atomic E-state index is -0.334. The van der Waals surface area contributed by atoms with Crippen molar-refractivity contribution in [1.29, 1.82) is 0 Å². The first kappa shape index (κ1) is 15.3. The fourth-order valence-electron chi connectivity index (χ4n) is 2.63. The van der Waals surface area contributed by atoms with Crippen LogP contribution in [-0.2, 0) is 7.05 Å². The van der Waals surface area contributed by atoms with E-state index in [0.717, 1.165) is 20.7 Å². The van der Waals surface area contributed by atoms with Gasteiger partial charge in [-0.05, 0) is 26.0 Å². The summed E-state index contributed by atoms with van der Waals surface area (Å²) in [4.78, 5) is 26.5. The number of aromatic nitrogens is 1. The van der Waals surface area contributed by atoms with Crippen molar-refractivity contribution in [3.05, 3.63) is 57.4 Å². The molecule has 6 heteroatoms. The lowest BCUT2D eigenvalue weighted by Gasteiger charge is -2.06. The highest BCUT2D eigenvalue weighted by Crippen LogP contribution is 2.21. The van der Waals surface area contributed by atoms with E-state index in [2.05, 4.69) is 10.9 Å². The molecule has 0 unspecified atom stereocenters. The highest BCUT2D eigenvalue weighted by Gasteiger charge is 2.16. The third kappa shape index (κ3) is 2.85. The van der Waals surface area contributed by atoms with Crippen LogP contribution in [0, 0.1) is 13.8 Å². The van der Waals surface area contributed by atoms with Crippen molar-refractivity contribution >= 4 is 34.1 Å². The number of fused-ring (bicyclic) bond motifs is 1. The molecular formula is C17H17N3O2S. The first-order valence-corrected chi connectivity index (χ1v) is 8.01. The monoisotopic (exact) mass is 327 g/mol. The van der Waals surface area contributed by atoms with E-state index >= 15 is 0 Å². The second-order valence-corrected chi connectivity index (χ2v) is 6.87. The summed E-state index contributed by atoms with van der Waals surface area (Å²) >= 11 is 1.56. The summed E-state index contributed by atoms with van der Waals surface area (Å²) in [7, 11) is 1.88. The SMILES string of the molecule is Cc1cc(C(=O)NNC(=O)c2cn(C)c3ccccc23)c(C)s1. The summed E-state index contributed by atoms with van der Waals surface area (Å²) in [5.41, 5.74) is 7.06. The first-order valence-electron chi connectivity index (χ1n) is 7.19. The molecule has 2 heterocycles. The number of hydrazine groups is 1. The number of amides is 2. The molecule has 0 fully saturated rings. The van der Waals surface area contributed by atoms with E-state index in [1.54, 1.807) is 17.5 Å². The van der Waals surface area contributed by atoms with Crippen molar-refractivity contribution in [2.75, 3.05) is 0 Å². The van der Waals surface area contributed by atoms with Gasteiger partial charge >= 0.3 is 0 Å². The number of benzene rings is 1. The number of hydrogen-bond donors (Lipinski definition) is 2. The molecule has 0 aliphatic heterocycles. The van der Waals surface area contributed by atoms with Gasteiger partial charge in [0.1, 0.15) is 0 Å². The second kappa shape index (κ2) is 5.89. The van der Waals surface area contributed by atoms with Crippen LogP contribution in [0.1, 0.15) is 30.5 Å². The number of thiophene rings is 1. The van der Waals surface area contributed by atoms with E-state index in [1.165, 1.54) is 0 Å². The van der Waals surface area contributed by atoms with Crippen LogP contribution >= 0.6 is 11.3 Å². The van der Waals surface area contributed by atoms with Gasteiger partial charge in [-0.15, -0.1) is 11.3 Å². The quantitative estimate of drug-likeness (QED) is 0.711. The van der Waals surface area contributed by atoms with E-state index in [0.29, 0.717) is 11.1 Å². The average molecular weight is 327 g/mol. The third-order valence-corrected chi connectivity index (χ3v) is 4.68. The Morgan fingerprint density at radius 2 is 1.70 bits per heavy atom. The maximum atomic E-state index is 12.4. The van der Waals surface area contributed by atoms with Gasteiger partial charge in [-0.1, -0.05) is 18.2 Å². The van der Waals surface area contributed by atoms with Gasteiger partial charge in [0.2, 0.25) is 0 Å². The minimum Gasteiger partial charge on any atom is -0.350 e. The Morgan fingerprint density at radius 3 is 2.35 bits per heavy atom. The molecule has 23 heavy (non-hydrogen) atoms. The van der Waals surface area contributed by atoms with Gasteiger partial charge in [0.15, 0.2) is 0 Å². The molecule has 3 rings (SSSR count). The molecule has 0 bridgehead atoms. The largest absolute Gasteiger partial charge is 0.350 e. The van der Waals surface area contributed by atoms with Crippen LogP contribution in [0.3, 0.4) is 0 Å². The smallest absolute Gasteiger partial charge is 0.271 e. The predicted octanol–water partition coefficient (Wildman–Crippen LogP) is 2.93. The van der Waals surface area contributed by atoms with E-state index in [-0.39, 0.29) is 11.8 Å². The minimum absolute atomic E-state index is 0.305. The van der Waals surface area contributed by atoms with Gasteiger partial charge in [0, 0.05) is 33.9 Å². The predicted molar refractivity (Wildman–Crippen MR) is 91.6 cm³/mol. The molecule has 0 aliphatic rings. The molecule has 0 saturated heterocycles. The molecule has 118 valence electrons. The molecule has 1 aromatic carbocycles. The number of rotatable bonds is 2. The zero-order valence-electron chi connectivity index (χ0n) is 13.1. The number of para-hydroxylation sites is 1. The van der Waals surface area contributed by atoms with Gasteiger partial charge in [-0.2, -0.15) is 0 Å². The molecule has 2 amide bonds. The van der Waals surface area contributed by atoms with Crippen LogP contribution in [0.2, 0.25) is 0 Å². The van der Waals surface area contributed by atoms with Crippen molar-refractivity contribution in [2.45, 2.75) is 13.8 Å². The summed E-state index contributed by atoms with van der Waals surface area (Å²) < 4.78 is 1.89. The van der Waals surface area contributed by atoms with Gasteiger partial charge in [-0.3, -0.25) is 20.4 Å². The van der Waals surface area contributed by atoms with Gasteiger partial charge < -0.3 is 4.57 Å². The van der Waals surface area contributed by atoms with Crippen molar-refractivity contribution in [3.63, 3.8) is 0 Å². The summed E-state index contributed by atoms with van der Waals surface area (Å²) in [5, 5.41) is 0.851. The lowest BCUT2D eigenvalue weighted by atomic mass is 10.2. The molecule has 0 spiro atoms. The summed E-state index contributed by atoms with van der Waals surface area (Å²) in [6, 6.07) is 9.46.